The summed E-state index contributed by atoms with van der Waals surface area (Å²) in [4.78, 5) is 0. The molecule has 78 valence electrons. The van der Waals surface area contributed by atoms with E-state index < -0.39 is 0 Å². The molecule has 2 rings (SSSR count). The molecular weight excluding hydrogens is 174 g/mol. The molecule has 3 nitrogen and oxygen atoms in total. The van der Waals surface area contributed by atoms with E-state index in [-0.39, 0.29) is 0 Å². The number of hydrogen-bond acceptors (Lipinski definition) is 2. The molecule has 2 N–H and O–H groups in total. The molecule has 0 saturated carbocycles. The van der Waals surface area contributed by atoms with E-state index in [0.717, 1.165) is 6.54 Å². The Morgan fingerprint density at radius 1 is 1.50 bits per heavy atom. The third kappa shape index (κ3) is 1.98. The Hall–Kier alpha value is -0.830. The summed E-state index contributed by atoms with van der Waals surface area (Å²) in [5.41, 5.74) is 2.49. The minimum absolute atomic E-state index is 0.525. The van der Waals surface area contributed by atoms with E-state index in [1.54, 1.807) is 0 Å². The van der Waals surface area contributed by atoms with Crippen LogP contribution in [0.2, 0.25) is 0 Å². The molecule has 1 aliphatic rings. The van der Waals surface area contributed by atoms with E-state index >= 15 is 0 Å². The largest absolute Gasteiger partial charge is 0.316 e. The average Bonchev–Trinajstić information content (AvgIpc) is 2.68. The lowest BCUT2D eigenvalue weighted by atomic mass is 9.95. The molecule has 0 bridgehead atoms. The molecule has 0 amide bonds. The maximum atomic E-state index is 4.34. The van der Waals surface area contributed by atoms with Crippen LogP contribution in [0.15, 0.2) is 6.07 Å². The first-order valence-electron chi connectivity index (χ1n) is 5.53. The smallest absolute Gasteiger partial charge is 0.0650 e. The van der Waals surface area contributed by atoms with Gasteiger partial charge >= 0.3 is 0 Å². The lowest BCUT2D eigenvalue weighted by Crippen LogP contribution is -2.28. The second-order valence-corrected chi connectivity index (χ2v) is 4.45. The van der Waals surface area contributed by atoms with E-state index in [0.29, 0.717) is 11.8 Å². The molecule has 1 aliphatic heterocycles. The van der Waals surface area contributed by atoms with Crippen LogP contribution in [0.3, 0.4) is 0 Å². The minimum atomic E-state index is 0.525. The van der Waals surface area contributed by atoms with E-state index in [1.807, 2.05) is 0 Å². The van der Waals surface area contributed by atoms with Crippen LogP contribution >= 0.6 is 0 Å². The molecule has 1 fully saturated rings. The Labute approximate surface area is 85.3 Å². The summed E-state index contributed by atoms with van der Waals surface area (Å²) in [6.45, 7) is 6.62. The van der Waals surface area contributed by atoms with Crippen LogP contribution in [0.25, 0.3) is 0 Å². The van der Waals surface area contributed by atoms with Crippen molar-refractivity contribution in [1.29, 1.82) is 0 Å². The molecule has 0 unspecified atom stereocenters. The van der Waals surface area contributed by atoms with Crippen molar-refractivity contribution < 1.29 is 0 Å². The van der Waals surface area contributed by atoms with Crippen LogP contribution in [0.4, 0.5) is 0 Å². The van der Waals surface area contributed by atoms with Gasteiger partial charge in [0.2, 0.25) is 0 Å². The number of hydrogen-bond donors (Lipinski definition) is 2. The van der Waals surface area contributed by atoms with Crippen LogP contribution in [0, 0.1) is 0 Å². The number of aromatic amines is 1. The number of piperidine rings is 1. The summed E-state index contributed by atoms with van der Waals surface area (Å²) >= 11 is 0. The number of nitrogens with zero attached hydrogens (tertiary/aromatic N) is 1. The van der Waals surface area contributed by atoms with E-state index in [1.165, 1.54) is 30.8 Å². The summed E-state index contributed by atoms with van der Waals surface area (Å²) in [6.07, 6.45) is 2.56. The molecule has 1 aromatic heterocycles. The van der Waals surface area contributed by atoms with Gasteiger partial charge in [0.05, 0.1) is 5.69 Å². The Morgan fingerprint density at radius 3 is 2.93 bits per heavy atom. The fourth-order valence-corrected chi connectivity index (χ4v) is 1.98. The van der Waals surface area contributed by atoms with Crippen molar-refractivity contribution in [3.8, 4) is 0 Å². The quantitative estimate of drug-likeness (QED) is 0.754. The summed E-state index contributed by atoms with van der Waals surface area (Å²) in [5, 5.41) is 10.9. The summed E-state index contributed by atoms with van der Waals surface area (Å²) in [6, 6.07) is 2.22. The SMILES string of the molecule is CC(C)c1cc([C@@H]2CCCNC2)[nH]n1. The van der Waals surface area contributed by atoms with Gasteiger partial charge < -0.3 is 5.32 Å². The second kappa shape index (κ2) is 4.13. The van der Waals surface area contributed by atoms with Gasteiger partial charge in [0, 0.05) is 18.2 Å². The zero-order chi connectivity index (χ0) is 9.97. The van der Waals surface area contributed by atoms with Gasteiger partial charge in [-0.2, -0.15) is 5.10 Å². The van der Waals surface area contributed by atoms with E-state index in [2.05, 4.69) is 35.4 Å². The van der Waals surface area contributed by atoms with Crippen molar-refractivity contribution in [3.63, 3.8) is 0 Å². The molecule has 0 aliphatic carbocycles. The fourth-order valence-electron chi connectivity index (χ4n) is 1.98. The first kappa shape index (κ1) is 9.71. The van der Waals surface area contributed by atoms with Gasteiger partial charge in [0.25, 0.3) is 0 Å². The predicted molar refractivity (Wildman–Crippen MR) is 57.5 cm³/mol. The van der Waals surface area contributed by atoms with E-state index in [9.17, 15) is 0 Å². The minimum Gasteiger partial charge on any atom is -0.316 e. The van der Waals surface area contributed by atoms with Crippen LogP contribution in [-0.4, -0.2) is 23.3 Å². The molecular formula is C11H19N3. The van der Waals surface area contributed by atoms with Gasteiger partial charge in [-0.3, -0.25) is 5.10 Å². The normalized spacial score (nSPS) is 22.9. The van der Waals surface area contributed by atoms with Crippen molar-refractivity contribution in [2.45, 2.75) is 38.5 Å². The molecule has 3 heteroatoms. The zero-order valence-electron chi connectivity index (χ0n) is 9.01. The Kier molecular flexibility index (Phi) is 2.87. The molecule has 0 spiro atoms. The van der Waals surface area contributed by atoms with Gasteiger partial charge in [-0.25, -0.2) is 0 Å². The lowest BCUT2D eigenvalue weighted by Gasteiger charge is -2.21. The Balaban J connectivity index is 2.07. The Bertz CT molecular complexity index is 284. The molecule has 14 heavy (non-hydrogen) atoms. The third-order valence-corrected chi connectivity index (χ3v) is 2.95. The highest BCUT2D eigenvalue weighted by Crippen LogP contribution is 2.23. The topological polar surface area (TPSA) is 40.7 Å². The molecule has 1 atom stereocenters. The van der Waals surface area contributed by atoms with Gasteiger partial charge in [0.1, 0.15) is 0 Å². The van der Waals surface area contributed by atoms with Gasteiger partial charge in [-0.15, -0.1) is 0 Å². The number of nitrogens with one attached hydrogen (secondary N) is 2. The van der Waals surface area contributed by atoms with Crippen LogP contribution in [-0.2, 0) is 0 Å². The highest BCUT2D eigenvalue weighted by atomic mass is 15.1. The number of rotatable bonds is 2. The van der Waals surface area contributed by atoms with Crippen molar-refractivity contribution in [1.82, 2.24) is 15.5 Å². The highest BCUT2D eigenvalue weighted by molar-refractivity contribution is 5.16. The fraction of sp³-hybridized carbons (Fsp3) is 0.727. The summed E-state index contributed by atoms with van der Waals surface area (Å²) in [5.74, 6) is 1.17. The summed E-state index contributed by atoms with van der Waals surface area (Å²) < 4.78 is 0. The maximum absolute atomic E-state index is 4.34. The van der Waals surface area contributed by atoms with E-state index in [4.69, 9.17) is 0 Å². The lowest BCUT2D eigenvalue weighted by molar-refractivity contribution is 0.454. The molecule has 1 saturated heterocycles. The standard InChI is InChI=1S/C11H19N3/c1-8(2)10-6-11(14-13-10)9-4-3-5-12-7-9/h6,8-9,12H,3-5,7H2,1-2H3,(H,13,14)/t9-/m1/s1. The molecule has 0 aromatic carbocycles. The first-order chi connectivity index (χ1) is 6.77. The highest BCUT2D eigenvalue weighted by Gasteiger charge is 2.17. The third-order valence-electron chi connectivity index (χ3n) is 2.95. The summed E-state index contributed by atoms with van der Waals surface area (Å²) in [7, 11) is 0. The van der Waals surface area contributed by atoms with Crippen molar-refractivity contribution in [3.05, 3.63) is 17.5 Å². The van der Waals surface area contributed by atoms with Crippen LogP contribution in [0.5, 0.6) is 0 Å². The van der Waals surface area contributed by atoms with Crippen molar-refractivity contribution >= 4 is 0 Å². The number of H-pyrrole nitrogens is 1. The Morgan fingerprint density at radius 2 is 2.36 bits per heavy atom. The monoisotopic (exact) mass is 193 g/mol. The van der Waals surface area contributed by atoms with Crippen LogP contribution < -0.4 is 5.32 Å². The molecule has 1 aromatic rings. The van der Waals surface area contributed by atoms with Gasteiger partial charge in [-0.1, -0.05) is 13.8 Å². The first-order valence-corrected chi connectivity index (χ1v) is 5.53. The van der Waals surface area contributed by atoms with Crippen molar-refractivity contribution in [2.75, 3.05) is 13.1 Å². The van der Waals surface area contributed by atoms with Gasteiger partial charge in [0.15, 0.2) is 0 Å². The second-order valence-electron chi connectivity index (χ2n) is 4.45. The average molecular weight is 193 g/mol. The molecule has 0 radical (unpaired) electrons. The molecule has 2 heterocycles. The van der Waals surface area contributed by atoms with Crippen LogP contribution in [0.1, 0.15) is 49.9 Å². The zero-order valence-corrected chi connectivity index (χ0v) is 9.01. The predicted octanol–water partition coefficient (Wildman–Crippen LogP) is 2.00. The number of aromatic nitrogens is 2. The maximum Gasteiger partial charge on any atom is 0.0650 e. The van der Waals surface area contributed by atoms with Crippen molar-refractivity contribution in [2.24, 2.45) is 0 Å². The van der Waals surface area contributed by atoms with Gasteiger partial charge in [-0.05, 0) is 31.4 Å².